The maximum Gasteiger partial charge on any atom is 0.261 e. The van der Waals surface area contributed by atoms with Crippen molar-refractivity contribution in [1.82, 2.24) is 10.3 Å². The van der Waals surface area contributed by atoms with Crippen LogP contribution in [0.1, 0.15) is 77.8 Å². The van der Waals surface area contributed by atoms with E-state index in [1.54, 1.807) is 13.1 Å². The molecule has 0 saturated heterocycles. The second-order valence-electron chi connectivity index (χ2n) is 11.9. The number of carbonyl (C=O) groups is 2. The molecule has 2 N–H and O–H groups in total. The first-order valence-electron chi connectivity index (χ1n) is 13.5. The quantitative estimate of drug-likeness (QED) is 0.574. The number of aromatic nitrogens is 1. The Labute approximate surface area is 213 Å². The first-order chi connectivity index (χ1) is 17.2. The normalized spacial score (nSPS) is 38.4. The summed E-state index contributed by atoms with van der Waals surface area (Å²) in [4.78, 5) is 34.1. The SMILES string of the molecule is CC(=O)[C@]1(O)CC[C@@H]2[C@H]3CCC4=C/C(=N/OCC(=O)NCc5ccccn5)CC[C@@]4(C)[C@@H]3CC[C@@]21C. The van der Waals surface area contributed by atoms with E-state index in [0.29, 0.717) is 30.7 Å². The van der Waals surface area contributed by atoms with Gasteiger partial charge in [-0.3, -0.25) is 14.6 Å². The smallest absolute Gasteiger partial charge is 0.261 e. The van der Waals surface area contributed by atoms with Gasteiger partial charge in [0, 0.05) is 11.6 Å². The maximum atomic E-state index is 12.4. The Kier molecular flexibility index (Phi) is 6.56. The van der Waals surface area contributed by atoms with Crippen molar-refractivity contribution in [2.24, 2.45) is 33.7 Å². The van der Waals surface area contributed by atoms with Gasteiger partial charge < -0.3 is 15.3 Å². The number of hydrogen-bond donors (Lipinski definition) is 2. The second-order valence-corrected chi connectivity index (χ2v) is 11.9. The van der Waals surface area contributed by atoms with E-state index in [0.717, 1.165) is 56.4 Å². The molecule has 7 nitrogen and oxygen atoms in total. The summed E-state index contributed by atoms with van der Waals surface area (Å²) in [5, 5.41) is 18.4. The molecule has 1 heterocycles. The molecule has 1 aromatic heterocycles. The third kappa shape index (κ3) is 4.09. The van der Waals surface area contributed by atoms with Crippen molar-refractivity contribution in [3.05, 3.63) is 41.7 Å². The zero-order valence-electron chi connectivity index (χ0n) is 21.8. The highest BCUT2D eigenvalue weighted by Crippen LogP contribution is 2.67. The first-order valence-corrected chi connectivity index (χ1v) is 13.5. The monoisotopic (exact) mass is 493 g/mol. The summed E-state index contributed by atoms with van der Waals surface area (Å²) in [5.74, 6) is 1.26. The van der Waals surface area contributed by atoms with Gasteiger partial charge in [0.05, 0.1) is 18.0 Å². The molecule has 4 aliphatic carbocycles. The highest BCUT2D eigenvalue weighted by atomic mass is 16.6. The molecule has 4 aliphatic rings. The molecule has 194 valence electrons. The van der Waals surface area contributed by atoms with Crippen LogP contribution in [0, 0.1) is 28.6 Å². The minimum absolute atomic E-state index is 0.0579. The predicted molar refractivity (Wildman–Crippen MR) is 137 cm³/mol. The van der Waals surface area contributed by atoms with Gasteiger partial charge in [0.2, 0.25) is 0 Å². The predicted octanol–water partition coefficient (Wildman–Crippen LogP) is 4.35. The Morgan fingerprint density at radius 3 is 2.69 bits per heavy atom. The van der Waals surface area contributed by atoms with E-state index in [9.17, 15) is 14.7 Å². The lowest BCUT2D eigenvalue weighted by atomic mass is 9.46. The van der Waals surface area contributed by atoms with E-state index in [2.05, 4.69) is 35.4 Å². The highest BCUT2D eigenvalue weighted by Gasteiger charge is 2.65. The number of pyridine rings is 1. The van der Waals surface area contributed by atoms with Crippen LogP contribution in [0.2, 0.25) is 0 Å². The molecule has 0 radical (unpaired) electrons. The molecule has 0 aromatic carbocycles. The molecule has 6 atom stereocenters. The van der Waals surface area contributed by atoms with E-state index >= 15 is 0 Å². The van der Waals surface area contributed by atoms with Crippen molar-refractivity contribution in [1.29, 1.82) is 0 Å². The molecule has 1 amide bonds. The number of fused-ring (bicyclic) bond motifs is 5. The Morgan fingerprint density at radius 1 is 1.14 bits per heavy atom. The van der Waals surface area contributed by atoms with Gasteiger partial charge >= 0.3 is 0 Å². The van der Waals surface area contributed by atoms with Crippen LogP contribution in [0.15, 0.2) is 41.2 Å². The number of aliphatic hydroxyl groups is 1. The lowest BCUT2D eigenvalue weighted by Gasteiger charge is -2.59. The van der Waals surface area contributed by atoms with Crippen LogP contribution < -0.4 is 5.32 Å². The molecule has 0 aliphatic heterocycles. The lowest BCUT2D eigenvalue weighted by Crippen LogP contribution is -2.57. The molecule has 36 heavy (non-hydrogen) atoms. The lowest BCUT2D eigenvalue weighted by molar-refractivity contribution is -0.159. The van der Waals surface area contributed by atoms with Crippen LogP contribution in [-0.4, -0.2) is 39.7 Å². The van der Waals surface area contributed by atoms with Crippen molar-refractivity contribution in [3.63, 3.8) is 0 Å². The standard InChI is InChI=1S/C29H39N3O4/c1-19(33)29(35)14-11-25-23-8-7-20-16-21(9-12-27(20,2)24(23)10-13-28(25,29)3)32-36-18-26(34)31-17-22-6-4-5-15-30-22/h4-6,15-16,23-25,35H,7-14,17-18H2,1-3H3,(H,31,34)/b32-21+/t23-,24+,25+,27+,28-,29+/m0/s1. The van der Waals surface area contributed by atoms with E-state index in [4.69, 9.17) is 4.84 Å². The Hall–Kier alpha value is -2.54. The molecular weight excluding hydrogens is 454 g/mol. The van der Waals surface area contributed by atoms with Crippen molar-refractivity contribution in [3.8, 4) is 0 Å². The van der Waals surface area contributed by atoms with Gasteiger partial charge in [0.25, 0.3) is 5.91 Å². The van der Waals surface area contributed by atoms with E-state index < -0.39 is 5.60 Å². The molecular formula is C29H39N3O4. The van der Waals surface area contributed by atoms with Crippen molar-refractivity contribution < 1.29 is 19.5 Å². The Morgan fingerprint density at radius 2 is 1.94 bits per heavy atom. The van der Waals surface area contributed by atoms with Crippen LogP contribution >= 0.6 is 0 Å². The van der Waals surface area contributed by atoms with Gasteiger partial charge in [-0.15, -0.1) is 0 Å². The zero-order chi connectivity index (χ0) is 25.6. The molecule has 7 heteroatoms. The number of nitrogens with one attached hydrogen (secondary N) is 1. The van der Waals surface area contributed by atoms with Gasteiger partial charge in [-0.25, -0.2) is 0 Å². The third-order valence-electron chi connectivity index (χ3n) is 10.3. The molecule has 0 unspecified atom stereocenters. The van der Waals surface area contributed by atoms with Gasteiger partial charge in [0.15, 0.2) is 12.4 Å². The van der Waals surface area contributed by atoms with Gasteiger partial charge in [-0.2, -0.15) is 0 Å². The third-order valence-corrected chi connectivity index (χ3v) is 10.3. The van der Waals surface area contributed by atoms with Crippen LogP contribution in [-0.2, 0) is 21.0 Å². The van der Waals surface area contributed by atoms with Crippen LogP contribution in [0.4, 0.5) is 0 Å². The number of oxime groups is 1. The zero-order valence-corrected chi connectivity index (χ0v) is 21.8. The van der Waals surface area contributed by atoms with Crippen LogP contribution in [0.3, 0.4) is 0 Å². The summed E-state index contributed by atoms with van der Waals surface area (Å²) in [5.41, 5.74) is 1.82. The summed E-state index contributed by atoms with van der Waals surface area (Å²) in [6, 6.07) is 5.60. The summed E-state index contributed by atoms with van der Waals surface area (Å²) < 4.78 is 0. The van der Waals surface area contributed by atoms with Gasteiger partial charge in [-0.05, 0) is 99.7 Å². The van der Waals surface area contributed by atoms with Crippen LogP contribution in [0.5, 0.6) is 0 Å². The fourth-order valence-corrected chi connectivity index (χ4v) is 8.15. The fourth-order valence-electron chi connectivity index (χ4n) is 8.15. The molecule has 5 rings (SSSR count). The van der Waals surface area contributed by atoms with Crippen molar-refractivity contribution in [2.75, 3.05) is 6.61 Å². The maximum absolute atomic E-state index is 12.4. The second kappa shape index (κ2) is 9.40. The van der Waals surface area contributed by atoms with E-state index in [1.807, 2.05) is 18.2 Å². The fraction of sp³-hybridized carbons (Fsp3) is 0.655. The minimum Gasteiger partial charge on any atom is -0.385 e. The number of ketones is 1. The summed E-state index contributed by atoms with van der Waals surface area (Å²) in [6.45, 7) is 6.41. The van der Waals surface area contributed by atoms with Crippen LogP contribution in [0.25, 0.3) is 0 Å². The molecule has 1 aromatic rings. The number of Topliss-reactive ketones (excluding diaryl/α,β-unsaturated/α-hetero) is 1. The summed E-state index contributed by atoms with van der Waals surface area (Å²) in [7, 11) is 0. The minimum atomic E-state index is -1.16. The van der Waals surface area contributed by atoms with E-state index in [-0.39, 0.29) is 29.1 Å². The number of nitrogens with zero attached hydrogens (tertiary/aromatic N) is 2. The number of allylic oxidation sites excluding steroid dienone is 2. The Balaban J connectivity index is 1.22. The first kappa shape index (κ1) is 25.1. The highest BCUT2D eigenvalue weighted by molar-refractivity contribution is 5.96. The van der Waals surface area contributed by atoms with Crippen molar-refractivity contribution >= 4 is 17.4 Å². The number of rotatable bonds is 6. The van der Waals surface area contributed by atoms with Crippen molar-refractivity contribution in [2.45, 2.75) is 84.3 Å². The number of carbonyl (C=O) groups excluding carboxylic acids is 2. The number of amides is 1. The Bertz CT molecular complexity index is 1090. The average Bonchev–Trinajstić information content (AvgIpc) is 3.15. The topological polar surface area (TPSA) is 101 Å². The number of hydrogen-bond acceptors (Lipinski definition) is 6. The summed E-state index contributed by atoms with van der Waals surface area (Å²) in [6.07, 6.45) is 11.4. The molecule has 0 spiro atoms. The summed E-state index contributed by atoms with van der Waals surface area (Å²) >= 11 is 0. The van der Waals surface area contributed by atoms with Gasteiger partial charge in [0.1, 0.15) is 5.60 Å². The molecule has 3 saturated carbocycles. The molecule has 0 bridgehead atoms. The largest absolute Gasteiger partial charge is 0.385 e. The molecule has 3 fully saturated rings. The van der Waals surface area contributed by atoms with Gasteiger partial charge in [-0.1, -0.05) is 30.6 Å². The average molecular weight is 494 g/mol. The van der Waals surface area contributed by atoms with E-state index in [1.165, 1.54) is 5.57 Å².